The van der Waals surface area contributed by atoms with E-state index in [2.05, 4.69) is 88.8 Å². The Hall–Kier alpha value is -2.63. The zero-order chi connectivity index (χ0) is 28.5. The summed E-state index contributed by atoms with van der Waals surface area (Å²) in [6.45, 7) is 5.94. The number of rotatable bonds is 4. The largest absolute Gasteiger partial charge is 0 e. The molecular formula is C35H34GeIrN2S-2. The van der Waals surface area contributed by atoms with Gasteiger partial charge in [-0.05, 0) is 33.8 Å². The standard InChI is InChI=1S/C21H18NS.C14H16GeN.Ir/c1-13(2)15-10-11-22-18(12-15)16-9-8-14(3)20-17-6-4-5-7-19(17)23-21(16)20;1-15(2,3)13-9-10-14(16-11-13)12-7-5-4-6-8-12;/h4-8,10-13H,1-3H3;4-7,9-11H,1-3H3;/q2*-1;/i13D;;. The average molecular weight is 781 g/mol. The van der Waals surface area contributed by atoms with Gasteiger partial charge in [0, 0.05) is 32.4 Å². The number of hydrogen-bond donors (Lipinski definition) is 0. The molecule has 0 aliphatic heterocycles. The molecule has 0 unspecified atom stereocenters. The molecular weight excluding hydrogens is 745 g/mol. The molecule has 0 aliphatic carbocycles. The van der Waals surface area contributed by atoms with Crippen molar-refractivity contribution in [3.8, 4) is 22.5 Å². The number of aromatic nitrogens is 2. The first-order chi connectivity index (χ1) is 19.0. The van der Waals surface area contributed by atoms with Crippen LogP contribution in [0.3, 0.4) is 0 Å². The van der Waals surface area contributed by atoms with E-state index in [4.69, 9.17) is 1.37 Å². The number of benzene rings is 3. The summed E-state index contributed by atoms with van der Waals surface area (Å²) in [4.78, 5) is 9.10. The van der Waals surface area contributed by atoms with E-state index in [1.807, 2.05) is 56.4 Å². The number of thiophene rings is 1. The van der Waals surface area contributed by atoms with E-state index in [-0.39, 0.29) is 20.1 Å². The molecule has 0 saturated heterocycles. The number of hydrogen-bond acceptors (Lipinski definition) is 3. The van der Waals surface area contributed by atoms with Crippen molar-refractivity contribution < 1.29 is 21.5 Å². The third-order valence-electron chi connectivity index (χ3n) is 6.86. The summed E-state index contributed by atoms with van der Waals surface area (Å²) < 4.78 is 12.2. The minimum absolute atomic E-state index is 0. The monoisotopic (exact) mass is 782 g/mol. The van der Waals surface area contributed by atoms with Gasteiger partial charge >= 0.3 is 99.8 Å². The Morgan fingerprint density at radius 2 is 1.68 bits per heavy atom. The molecule has 3 aromatic heterocycles. The second-order valence-electron chi connectivity index (χ2n) is 11.0. The van der Waals surface area contributed by atoms with Crippen molar-refractivity contribution in [3.05, 3.63) is 115 Å². The summed E-state index contributed by atoms with van der Waals surface area (Å²) in [5, 5.41) is 2.59. The molecule has 0 bridgehead atoms. The Bertz CT molecular complexity index is 1770. The molecule has 0 N–H and O–H groups in total. The van der Waals surface area contributed by atoms with Gasteiger partial charge in [-0.2, -0.15) is 11.3 Å². The Labute approximate surface area is 260 Å². The number of aryl methyl sites for hydroxylation is 1. The van der Waals surface area contributed by atoms with Crippen LogP contribution in [0, 0.1) is 19.1 Å². The quantitative estimate of drug-likeness (QED) is 0.132. The fourth-order valence-corrected chi connectivity index (χ4v) is 8.01. The zero-order valence-electron chi connectivity index (χ0n) is 24.8. The predicted molar refractivity (Wildman–Crippen MR) is 172 cm³/mol. The van der Waals surface area contributed by atoms with E-state index < -0.39 is 19.2 Å². The van der Waals surface area contributed by atoms with Crippen LogP contribution >= 0.6 is 11.3 Å². The Balaban J connectivity index is 0.000000200. The molecule has 0 atom stereocenters. The number of fused-ring (bicyclic) bond motifs is 3. The van der Waals surface area contributed by atoms with Gasteiger partial charge in [0.1, 0.15) is 0 Å². The van der Waals surface area contributed by atoms with Gasteiger partial charge in [0.25, 0.3) is 0 Å². The minimum Gasteiger partial charge on any atom is 0 e. The van der Waals surface area contributed by atoms with Crippen LogP contribution in [-0.2, 0) is 20.1 Å². The van der Waals surface area contributed by atoms with Crippen LogP contribution in [0.1, 0.15) is 32.2 Å². The molecule has 40 heavy (non-hydrogen) atoms. The maximum absolute atomic E-state index is 8.28. The van der Waals surface area contributed by atoms with Gasteiger partial charge in [0.15, 0.2) is 0 Å². The number of pyridine rings is 2. The summed E-state index contributed by atoms with van der Waals surface area (Å²) in [6.07, 6.45) is 3.84. The van der Waals surface area contributed by atoms with Crippen molar-refractivity contribution in [2.45, 2.75) is 43.9 Å². The van der Waals surface area contributed by atoms with Gasteiger partial charge in [-0.25, -0.2) is 0 Å². The molecule has 2 nitrogen and oxygen atoms in total. The van der Waals surface area contributed by atoms with Crippen LogP contribution in [0.15, 0.2) is 91.3 Å². The predicted octanol–water partition coefficient (Wildman–Crippen LogP) is 9.44. The fraction of sp³-hybridized carbons (Fsp3) is 0.200. The molecule has 6 rings (SSSR count). The third-order valence-corrected chi connectivity index (χ3v) is 12.3. The van der Waals surface area contributed by atoms with Crippen molar-refractivity contribution in [1.29, 1.82) is 0 Å². The fourth-order valence-electron chi connectivity index (χ4n) is 4.55. The normalized spacial score (nSPS) is 11.9. The Kier molecular flexibility index (Phi) is 9.32. The van der Waals surface area contributed by atoms with Crippen molar-refractivity contribution in [3.63, 3.8) is 0 Å². The van der Waals surface area contributed by atoms with Gasteiger partial charge < -0.3 is 4.98 Å². The van der Waals surface area contributed by atoms with E-state index in [9.17, 15) is 0 Å². The first-order valence-corrected chi connectivity index (χ1v) is 21.4. The topological polar surface area (TPSA) is 25.8 Å². The van der Waals surface area contributed by atoms with E-state index >= 15 is 0 Å². The van der Waals surface area contributed by atoms with Crippen molar-refractivity contribution in [1.82, 2.24) is 9.97 Å². The SMILES string of the molecule is [2H]C(C)(C)c1ccnc(-c2[c-]cc(C)c3c2sc2ccccc23)c1.[CH3][Ge]([CH3])([CH3])[c]1ccc(-c2[c-]cccc2)nc1.[Ir]. The molecule has 0 aliphatic rings. The Morgan fingerprint density at radius 3 is 2.35 bits per heavy atom. The molecule has 1 radical (unpaired) electrons. The van der Waals surface area contributed by atoms with E-state index in [0.29, 0.717) is 0 Å². The van der Waals surface area contributed by atoms with Crippen LogP contribution < -0.4 is 4.40 Å². The second kappa shape index (κ2) is 12.9. The van der Waals surface area contributed by atoms with E-state index in [1.54, 1.807) is 17.5 Å². The molecule has 3 aromatic carbocycles. The van der Waals surface area contributed by atoms with Crippen LogP contribution in [0.5, 0.6) is 0 Å². The van der Waals surface area contributed by atoms with Gasteiger partial charge in [-0.15, -0.1) is 23.3 Å². The molecule has 5 heteroatoms. The van der Waals surface area contributed by atoms with Gasteiger partial charge in [0.05, 0.1) is 0 Å². The van der Waals surface area contributed by atoms with Crippen LogP contribution in [0.25, 0.3) is 42.7 Å². The summed E-state index contributed by atoms with van der Waals surface area (Å²) in [5.74, 6) is 6.50. The van der Waals surface area contributed by atoms with Crippen LogP contribution in [0.2, 0.25) is 17.3 Å². The maximum Gasteiger partial charge on any atom is 0 e. The van der Waals surface area contributed by atoms with Gasteiger partial charge in [-0.1, -0.05) is 56.0 Å². The van der Waals surface area contributed by atoms with Gasteiger partial charge in [0.2, 0.25) is 0 Å². The van der Waals surface area contributed by atoms with Crippen molar-refractivity contribution in [2.24, 2.45) is 0 Å². The van der Waals surface area contributed by atoms with Crippen molar-refractivity contribution in [2.75, 3.05) is 0 Å². The Morgan fingerprint density at radius 1 is 0.900 bits per heavy atom. The van der Waals surface area contributed by atoms with Crippen LogP contribution in [-0.4, -0.2) is 23.2 Å². The molecule has 3 heterocycles. The summed E-state index contributed by atoms with van der Waals surface area (Å²) in [6, 6.07) is 33.4. The summed E-state index contributed by atoms with van der Waals surface area (Å²) >= 11 is 0.0766. The molecule has 6 aromatic rings. The van der Waals surface area contributed by atoms with E-state index in [1.165, 1.54) is 30.1 Å². The first kappa shape index (κ1) is 28.9. The average Bonchev–Trinajstić information content (AvgIpc) is 3.34. The van der Waals surface area contributed by atoms with Crippen LogP contribution in [0.4, 0.5) is 0 Å². The maximum atomic E-state index is 8.28. The van der Waals surface area contributed by atoms with E-state index in [0.717, 1.165) is 28.1 Å². The summed E-state index contributed by atoms with van der Waals surface area (Å²) in [7, 11) is 0. The summed E-state index contributed by atoms with van der Waals surface area (Å²) in [5.41, 5.74) is 6.21. The zero-order valence-corrected chi connectivity index (χ0v) is 29.1. The molecule has 0 spiro atoms. The van der Waals surface area contributed by atoms with Crippen molar-refractivity contribution >= 4 is 49.2 Å². The molecule has 205 valence electrons. The minimum atomic E-state index is -1.72. The third kappa shape index (κ3) is 6.63. The molecule has 0 fully saturated rings. The van der Waals surface area contributed by atoms with Gasteiger partial charge in [-0.3, -0.25) is 0 Å². The molecule has 0 saturated carbocycles. The second-order valence-corrected chi connectivity index (χ2v) is 22.7. The first-order valence-electron chi connectivity index (χ1n) is 13.8. The smallest absolute Gasteiger partial charge is 0 e. The molecule has 0 amide bonds. The number of nitrogens with zero attached hydrogens (tertiary/aromatic N) is 2.